The molecule has 5 atom stereocenters. The van der Waals surface area contributed by atoms with Crippen LogP contribution in [0.2, 0.25) is 0 Å². The first-order valence-corrected chi connectivity index (χ1v) is 42.4. The molecule has 0 aliphatic heterocycles. The lowest BCUT2D eigenvalue weighted by molar-refractivity contribution is -0.161. The van der Waals surface area contributed by atoms with Crippen LogP contribution in [0.15, 0.2) is 170 Å². The minimum atomic E-state index is -5.01. The monoisotopic (exact) mass is 1490 g/mol. The fourth-order valence-corrected chi connectivity index (χ4v) is 11.3. The van der Waals surface area contributed by atoms with E-state index in [2.05, 4.69) is 180 Å². The zero-order valence-electron chi connectivity index (χ0n) is 64.4. The predicted molar refractivity (Wildman–Crippen MR) is 426 cm³/mol. The van der Waals surface area contributed by atoms with Gasteiger partial charge < -0.3 is 33.8 Å². The Morgan fingerprint density at radius 2 is 0.538 bits per heavy atom. The Morgan fingerprint density at radius 1 is 0.279 bits per heavy atom. The molecule has 17 nitrogen and oxygen atoms in total. The average Bonchev–Trinajstić information content (AvgIpc) is 0.911. The Balaban J connectivity index is 5.48. The van der Waals surface area contributed by atoms with Crippen molar-refractivity contribution in [3.63, 3.8) is 0 Å². The number of allylic oxidation sites excluding steroid dienone is 28. The minimum Gasteiger partial charge on any atom is -0.462 e. The number of hydrogen-bond donors (Lipinski definition) is 3. The van der Waals surface area contributed by atoms with Crippen molar-refractivity contribution >= 4 is 39.5 Å². The summed E-state index contributed by atoms with van der Waals surface area (Å²) in [5, 5.41) is 10.6. The lowest BCUT2D eigenvalue weighted by atomic mass is 10.1. The molecule has 0 radical (unpaired) electrons. The van der Waals surface area contributed by atoms with Crippen LogP contribution in [0.1, 0.15) is 285 Å². The molecule has 0 aromatic heterocycles. The molecule has 0 aromatic rings. The second-order valence-corrected chi connectivity index (χ2v) is 28.4. The Hall–Kier alpha value is -5.58. The number of esters is 4. The van der Waals surface area contributed by atoms with Gasteiger partial charge in [-0.2, -0.15) is 0 Å². The quantitative estimate of drug-likeness (QED) is 0.0169. The molecule has 3 N–H and O–H groups in total. The van der Waals surface area contributed by atoms with Gasteiger partial charge in [-0.1, -0.05) is 268 Å². The molecule has 0 aliphatic carbocycles. The van der Waals surface area contributed by atoms with Crippen molar-refractivity contribution < 1.29 is 80.2 Å². The van der Waals surface area contributed by atoms with Gasteiger partial charge in [-0.3, -0.25) is 37.3 Å². The second-order valence-electron chi connectivity index (χ2n) is 25.5. The van der Waals surface area contributed by atoms with Gasteiger partial charge >= 0.3 is 39.5 Å². The third-order valence-corrected chi connectivity index (χ3v) is 17.5. The largest absolute Gasteiger partial charge is 0.472 e. The van der Waals surface area contributed by atoms with Crippen molar-refractivity contribution in [2.45, 2.75) is 303 Å². The molecule has 0 fully saturated rings. The lowest BCUT2D eigenvalue weighted by Crippen LogP contribution is -2.30. The highest BCUT2D eigenvalue weighted by Crippen LogP contribution is 2.45. The molecule has 0 aliphatic rings. The zero-order chi connectivity index (χ0) is 76.0. The van der Waals surface area contributed by atoms with Gasteiger partial charge in [-0.05, 0) is 161 Å². The first-order valence-electron chi connectivity index (χ1n) is 39.4. The number of rotatable bonds is 72. The van der Waals surface area contributed by atoms with Crippen molar-refractivity contribution in [1.29, 1.82) is 0 Å². The highest BCUT2D eigenvalue weighted by atomic mass is 31.2. The number of carbonyl (C=O) groups excluding carboxylic acids is 4. The Labute approximate surface area is 629 Å². The lowest BCUT2D eigenvalue weighted by Gasteiger charge is -2.21. The molecule has 0 spiro atoms. The van der Waals surface area contributed by atoms with Gasteiger partial charge in [0.05, 0.1) is 26.4 Å². The van der Waals surface area contributed by atoms with Crippen LogP contribution in [-0.4, -0.2) is 96.7 Å². The van der Waals surface area contributed by atoms with E-state index in [-0.39, 0.29) is 25.7 Å². The van der Waals surface area contributed by atoms with Gasteiger partial charge in [0, 0.05) is 25.7 Å². The molecule has 0 amide bonds. The maximum atomic E-state index is 13.1. The van der Waals surface area contributed by atoms with E-state index in [0.717, 1.165) is 180 Å². The number of unbranched alkanes of at least 4 members (excludes halogenated alkanes) is 18. The highest BCUT2D eigenvalue weighted by Gasteiger charge is 2.30. The molecular formula is C85H138O17P2. The van der Waals surface area contributed by atoms with Crippen molar-refractivity contribution in [3.05, 3.63) is 170 Å². The van der Waals surface area contributed by atoms with E-state index in [1.165, 1.54) is 19.3 Å². The van der Waals surface area contributed by atoms with Crippen molar-refractivity contribution in [1.82, 2.24) is 0 Å². The first kappa shape index (κ1) is 98.4. The van der Waals surface area contributed by atoms with Crippen molar-refractivity contribution in [2.24, 2.45) is 0 Å². The number of hydrogen-bond acceptors (Lipinski definition) is 15. The van der Waals surface area contributed by atoms with Crippen LogP contribution in [-0.2, 0) is 65.4 Å². The Bertz CT molecular complexity index is 2640. The zero-order valence-corrected chi connectivity index (χ0v) is 66.2. The fraction of sp³-hybridized carbons (Fsp3) is 0.624. The van der Waals surface area contributed by atoms with E-state index < -0.39 is 97.5 Å². The molecule has 0 saturated heterocycles. The average molecular weight is 1490 g/mol. The first-order chi connectivity index (χ1) is 50.7. The van der Waals surface area contributed by atoms with E-state index in [1.807, 2.05) is 18.2 Å². The topological polar surface area (TPSA) is 237 Å². The van der Waals surface area contributed by atoms with Crippen LogP contribution >= 0.6 is 15.6 Å². The number of phosphoric ester groups is 2. The van der Waals surface area contributed by atoms with E-state index in [0.29, 0.717) is 32.1 Å². The van der Waals surface area contributed by atoms with Crippen LogP contribution in [0.5, 0.6) is 0 Å². The predicted octanol–water partition coefficient (Wildman–Crippen LogP) is 23.0. The summed E-state index contributed by atoms with van der Waals surface area (Å²) in [5.74, 6) is -2.34. The number of aliphatic hydroxyl groups excluding tert-OH is 1. The standard InChI is InChI=1S/C85H138O17P2/c1-5-9-13-17-21-25-29-33-36-38-39-41-43-47-50-54-58-62-66-70-83(88)96-76-81(102-85(90)72-68-64-60-56-52-48-44-40-37-34-30-26-22-18-14-10-6-2)78-100-104(93,94)98-74-79(86)73-97-103(91,92)99-77-80(101-84(89)71-67-63-59-55-51-45-32-28-24-20-16-12-8-4)75-95-82(87)69-65-61-57-53-49-46-42-35-31-27-23-19-15-11-7-3/h9-10,13-14,16,20-23,25-28,32-37,39,41-42,44,47-48,50,58,62,79-81,86H,5-8,11-12,15,17-19,24,29-31,38,40,43,45-46,49,51-57,59-61,63-78H2,1-4H3,(H,91,92)(H,93,94)/b13-9-,14-10-,20-16-,25-21-,26-22-,27-23-,32-28-,36-33-,37-34-,41-39-,42-35-,48-44-,50-47-,62-58-. The summed E-state index contributed by atoms with van der Waals surface area (Å²) in [6, 6.07) is 0. The highest BCUT2D eigenvalue weighted by molar-refractivity contribution is 7.47. The normalized spacial score (nSPS) is 14.8. The molecule has 590 valence electrons. The maximum absolute atomic E-state index is 13.1. The summed E-state index contributed by atoms with van der Waals surface area (Å²) >= 11 is 0. The summed E-state index contributed by atoms with van der Waals surface area (Å²) < 4.78 is 68.4. The van der Waals surface area contributed by atoms with Crippen molar-refractivity contribution in [2.75, 3.05) is 39.6 Å². The smallest absolute Gasteiger partial charge is 0.462 e. The molecule has 0 bridgehead atoms. The Morgan fingerprint density at radius 3 is 0.865 bits per heavy atom. The summed E-state index contributed by atoms with van der Waals surface area (Å²) in [6.07, 6.45) is 89.2. The van der Waals surface area contributed by atoms with Gasteiger partial charge in [0.15, 0.2) is 12.2 Å². The van der Waals surface area contributed by atoms with Crippen LogP contribution < -0.4 is 0 Å². The van der Waals surface area contributed by atoms with Gasteiger partial charge in [0.2, 0.25) is 0 Å². The van der Waals surface area contributed by atoms with Crippen molar-refractivity contribution in [3.8, 4) is 0 Å². The SMILES string of the molecule is CC/C=C\C/C=C\C/C=C\C/C=C\C/C=C\C/C=C\CCC(=O)OCC(COP(=O)(O)OCC(O)COP(=O)(O)OCC(COC(=O)CCCCCCC/C=C\C/C=C\CCCCC)OC(=O)CCCCCCC/C=C\C/C=C\CCC)OC(=O)CCCCCC/C=C\C/C=C\C/C=C\C/C=C\CC. The molecule has 0 aromatic carbocycles. The Kier molecular flexibility index (Phi) is 71.6. The second kappa shape index (κ2) is 75.6. The van der Waals surface area contributed by atoms with Crippen LogP contribution in [0, 0.1) is 0 Å². The van der Waals surface area contributed by atoms with Gasteiger partial charge in [-0.15, -0.1) is 0 Å². The van der Waals surface area contributed by atoms with E-state index in [9.17, 15) is 43.2 Å². The maximum Gasteiger partial charge on any atom is 0.472 e. The molecule has 5 unspecified atom stereocenters. The summed E-state index contributed by atoms with van der Waals surface area (Å²) in [4.78, 5) is 73.0. The van der Waals surface area contributed by atoms with Crippen LogP contribution in [0.4, 0.5) is 0 Å². The van der Waals surface area contributed by atoms with Gasteiger partial charge in [-0.25, -0.2) is 9.13 Å². The number of phosphoric acid groups is 2. The summed E-state index contributed by atoms with van der Waals surface area (Å²) in [7, 11) is -10.0. The van der Waals surface area contributed by atoms with Crippen LogP contribution in [0.3, 0.4) is 0 Å². The number of ether oxygens (including phenoxy) is 4. The molecule has 0 rings (SSSR count). The summed E-state index contributed by atoms with van der Waals surface area (Å²) in [6.45, 7) is 4.39. The molecular weight excluding hydrogens is 1350 g/mol. The number of aliphatic hydroxyl groups is 1. The van der Waals surface area contributed by atoms with E-state index >= 15 is 0 Å². The molecule has 19 heteroatoms. The minimum absolute atomic E-state index is 0.0238. The van der Waals surface area contributed by atoms with E-state index in [1.54, 1.807) is 0 Å². The van der Waals surface area contributed by atoms with Crippen LogP contribution in [0.25, 0.3) is 0 Å². The van der Waals surface area contributed by atoms with E-state index in [4.69, 9.17) is 37.0 Å². The number of carbonyl (C=O) groups is 4. The van der Waals surface area contributed by atoms with Gasteiger partial charge in [0.25, 0.3) is 0 Å². The molecule has 0 saturated carbocycles. The third kappa shape index (κ3) is 74.7. The third-order valence-electron chi connectivity index (χ3n) is 15.6. The fourth-order valence-electron chi connectivity index (χ4n) is 9.72. The van der Waals surface area contributed by atoms with Gasteiger partial charge in [0.1, 0.15) is 19.3 Å². The molecule has 104 heavy (non-hydrogen) atoms. The summed E-state index contributed by atoms with van der Waals surface area (Å²) in [5.41, 5.74) is 0. The molecule has 0 heterocycles.